The lowest BCUT2D eigenvalue weighted by molar-refractivity contribution is 0.110. The van der Waals surface area contributed by atoms with Gasteiger partial charge in [0.1, 0.15) is 18.1 Å². The maximum atomic E-state index is 12.5. The Bertz CT molecular complexity index is 1620. The number of sulfonamides is 1. The van der Waals surface area contributed by atoms with Crippen LogP contribution < -0.4 is 9.46 Å². The highest BCUT2D eigenvalue weighted by Crippen LogP contribution is 2.31. The number of aromatic nitrogens is 2. The average Bonchev–Trinajstić information content (AvgIpc) is 3.30. The molecule has 0 amide bonds. The molecule has 0 unspecified atom stereocenters. The van der Waals surface area contributed by atoms with E-state index in [1.54, 1.807) is 37.4 Å². The maximum absolute atomic E-state index is 12.5. The van der Waals surface area contributed by atoms with Crippen molar-refractivity contribution in [2.75, 3.05) is 20.3 Å². The van der Waals surface area contributed by atoms with Gasteiger partial charge in [0, 0.05) is 24.8 Å². The Balaban J connectivity index is 1.71. The third-order valence-electron chi connectivity index (χ3n) is 6.41. The number of nitrogens with zero attached hydrogens (tertiary/aromatic N) is 3. The van der Waals surface area contributed by atoms with E-state index in [1.807, 2.05) is 45.7 Å². The molecule has 0 aliphatic rings. The predicted octanol–water partition coefficient (Wildman–Crippen LogP) is 4.99. The van der Waals surface area contributed by atoms with Crippen molar-refractivity contribution in [3.05, 3.63) is 89.6 Å². The van der Waals surface area contributed by atoms with Gasteiger partial charge in [0.15, 0.2) is 12.5 Å². The van der Waals surface area contributed by atoms with Gasteiger partial charge in [0.25, 0.3) is 10.0 Å². The van der Waals surface area contributed by atoms with Crippen molar-refractivity contribution in [3.8, 4) is 34.6 Å². The highest BCUT2D eigenvalue weighted by atomic mass is 32.2. The summed E-state index contributed by atoms with van der Waals surface area (Å²) in [6.45, 7) is 5.18. The van der Waals surface area contributed by atoms with Crippen molar-refractivity contribution in [2.24, 2.45) is 0 Å². The van der Waals surface area contributed by atoms with Crippen LogP contribution >= 0.6 is 0 Å². The Labute approximate surface area is 234 Å². The van der Waals surface area contributed by atoms with Crippen LogP contribution in [-0.2, 0) is 21.3 Å². The van der Waals surface area contributed by atoms with Crippen molar-refractivity contribution < 1.29 is 22.7 Å². The second kappa shape index (κ2) is 12.6. The maximum Gasteiger partial charge on any atom is 0.270 e. The Morgan fingerprint density at radius 1 is 1.00 bits per heavy atom. The summed E-state index contributed by atoms with van der Waals surface area (Å²) in [5.41, 5.74) is 4.34. The lowest BCUT2D eigenvalue weighted by Gasteiger charge is -2.13. The van der Waals surface area contributed by atoms with Gasteiger partial charge in [0.2, 0.25) is 5.88 Å². The number of hydrogen-bond donors (Lipinski definition) is 1. The molecular weight excluding hydrogens is 528 g/mol. The van der Waals surface area contributed by atoms with Gasteiger partial charge in [-0.15, -0.1) is 0 Å². The molecule has 0 spiro atoms. The van der Waals surface area contributed by atoms with E-state index in [-0.39, 0.29) is 17.4 Å². The van der Waals surface area contributed by atoms with Crippen molar-refractivity contribution in [2.45, 2.75) is 31.2 Å². The van der Waals surface area contributed by atoms with E-state index in [1.165, 1.54) is 17.8 Å². The van der Waals surface area contributed by atoms with Crippen LogP contribution in [0.5, 0.6) is 5.88 Å². The fraction of sp³-hybridized carbons (Fsp3) is 0.233. The van der Waals surface area contributed by atoms with Gasteiger partial charge in [-0.05, 0) is 28.7 Å². The first-order valence-corrected chi connectivity index (χ1v) is 14.1. The van der Waals surface area contributed by atoms with Gasteiger partial charge in [0.05, 0.1) is 11.5 Å². The van der Waals surface area contributed by atoms with Crippen molar-refractivity contribution in [3.63, 3.8) is 0 Å². The minimum atomic E-state index is -3.99. The van der Waals surface area contributed by atoms with E-state index in [0.717, 1.165) is 17.4 Å². The molecule has 0 saturated heterocycles. The zero-order chi connectivity index (χ0) is 28.7. The van der Waals surface area contributed by atoms with E-state index in [2.05, 4.69) is 18.8 Å². The van der Waals surface area contributed by atoms with Gasteiger partial charge in [-0.1, -0.05) is 80.6 Å². The monoisotopic (exact) mass is 558 g/mol. The Morgan fingerprint density at radius 3 is 2.30 bits per heavy atom. The summed E-state index contributed by atoms with van der Waals surface area (Å²) >= 11 is 0. The molecule has 0 bridgehead atoms. The van der Waals surface area contributed by atoms with E-state index in [0.29, 0.717) is 41.7 Å². The zero-order valence-electron chi connectivity index (χ0n) is 22.5. The van der Waals surface area contributed by atoms with Crippen LogP contribution in [0.3, 0.4) is 0 Å². The van der Waals surface area contributed by atoms with Gasteiger partial charge in [-0.3, -0.25) is 4.79 Å². The number of aldehydes is 1. The van der Waals surface area contributed by atoms with Crippen molar-refractivity contribution in [1.82, 2.24) is 14.3 Å². The van der Waals surface area contributed by atoms with Crippen LogP contribution in [0.1, 0.15) is 41.4 Å². The fourth-order valence-electron chi connectivity index (χ4n) is 4.31. The van der Waals surface area contributed by atoms with Crippen LogP contribution in [0.4, 0.5) is 0 Å². The molecule has 0 saturated carbocycles. The first kappa shape index (κ1) is 28.5. The summed E-state index contributed by atoms with van der Waals surface area (Å²) in [5, 5.41) is 8.86. The number of ether oxygens (including phenoxy) is 2. The minimum Gasteiger partial charge on any atom is -0.474 e. The highest BCUT2D eigenvalue weighted by molar-refractivity contribution is 7.89. The molecule has 1 N–H and O–H groups in total. The molecule has 9 nitrogen and oxygen atoms in total. The molecule has 0 aliphatic carbocycles. The van der Waals surface area contributed by atoms with Crippen LogP contribution in [0.2, 0.25) is 0 Å². The number of methoxy groups -OCH3 is 1. The molecular formula is C30H30N4O5S. The summed E-state index contributed by atoms with van der Waals surface area (Å²) in [5.74, 6) is 1.20. The topological polar surface area (TPSA) is 123 Å². The molecule has 10 heteroatoms. The molecule has 1 aromatic heterocycles. The lowest BCUT2D eigenvalue weighted by atomic mass is 10.0. The number of carbonyl (C=O) groups excluding carboxylic acids is 1. The van der Waals surface area contributed by atoms with Crippen LogP contribution in [0, 0.1) is 11.5 Å². The van der Waals surface area contributed by atoms with Crippen LogP contribution in [0.25, 0.3) is 22.5 Å². The Kier molecular flexibility index (Phi) is 8.99. The van der Waals surface area contributed by atoms with Gasteiger partial charge >= 0.3 is 0 Å². The number of nitriles is 1. The summed E-state index contributed by atoms with van der Waals surface area (Å²) in [7, 11) is -2.42. The number of hydrogen-bond acceptors (Lipinski definition) is 7. The standard InChI is InChI=1S/C30H30N4O5S/c1-21(2)23-12-14-25(15-13-23)29-33-30(39-17-16-38-3)27(19-35)34(29)18-22-8-10-24(11-9-22)26-6-4-5-7-28(26)40(36,37)32-20-31/h4-15,19,21,32H,16-18H2,1-3H3. The number of imidazole rings is 1. The van der Waals surface area contributed by atoms with Gasteiger partial charge in [-0.25, -0.2) is 13.1 Å². The van der Waals surface area contributed by atoms with E-state index in [9.17, 15) is 13.2 Å². The summed E-state index contributed by atoms with van der Waals surface area (Å²) in [6.07, 6.45) is 2.22. The molecule has 4 aromatic rings. The SMILES string of the molecule is COCCOc1nc(-c2ccc(C(C)C)cc2)n(Cc2ccc(-c3ccccc3S(=O)(=O)NC#N)cc2)c1C=O. The Hall–Kier alpha value is -4.46. The molecule has 1 heterocycles. The van der Waals surface area contributed by atoms with Gasteiger partial charge < -0.3 is 14.0 Å². The molecule has 0 radical (unpaired) electrons. The normalized spacial score (nSPS) is 11.3. The average molecular weight is 559 g/mol. The quantitative estimate of drug-likeness (QED) is 0.112. The minimum absolute atomic E-state index is 0.00660. The smallest absolute Gasteiger partial charge is 0.270 e. The number of nitrogens with one attached hydrogen (secondary N) is 1. The second-order valence-electron chi connectivity index (χ2n) is 9.36. The summed E-state index contributed by atoms with van der Waals surface area (Å²) < 4.78 is 39.6. The first-order chi connectivity index (χ1) is 19.3. The zero-order valence-corrected chi connectivity index (χ0v) is 23.3. The molecule has 206 valence electrons. The van der Waals surface area contributed by atoms with E-state index < -0.39 is 10.0 Å². The third kappa shape index (κ3) is 6.22. The van der Waals surface area contributed by atoms with Gasteiger partial charge in [-0.2, -0.15) is 10.2 Å². The molecule has 0 aliphatic heterocycles. The van der Waals surface area contributed by atoms with Crippen LogP contribution in [-0.4, -0.2) is 44.6 Å². The highest BCUT2D eigenvalue weighted by Gasteiger charge is 2.21. The second-order valence-corrected chi connectivity index (χ2v) is 11.0. The third-order valence-corrected chi connectivity index (χ3v) is 7.70. The Morgan fingerprint density at radius 2 is 1.68 bits per heavy atom. The summed E-state index contributed by atoms with van der Waals surface area (Å²) in [6, 6.07) is 21.9. The van der Waals surface area contributed by atoms with E-state index >= 15 is 0 Å². The predicted molar refractivity (Wildman–Crippen MR) is 151 cm³/mol. The van der Waals surface area contributed by atoms with Crippen LogP contribution in [0.15, 0.2) is 77.7 Å². The number of rotatable bonds is 12. The van der Waals surface area contributed by atoms with Crippen molar-refractivity contribution in [1.29, 1.82) is 5.26 Å². The fourth-order valence-corrected chi connectivity index (χ4v) is 5.27. The van der Waals surface area contributed by atoms with E-state index in [4.69, 9.17) is 14.7 Å². The molecule has 4 rings (SSSR count). The summed E-state index contributed by atoms with van der Waals surface area (Å²) in [4.78, 5) is 16.9. The lowest BCUT2D eigenvalue weighted by Crippen LogP contribution is -2.18. The molecule has 0 atom stereocenters. The first-order valence-electron chi connectivity index (χ1n) is 12.7. The molecule has 3 aromatic carbocycles. The largest absolute Gasteiger partial charge is 0.474 e. The number of carbonyl (C=O) groups is 1. The number of benzene rings is 3. The molecule has 40 heavy (non-hydrogen) atoms. The van der Waals surface area contributed by atoms with Crippen molar-refractivity contribution >= 4 is 16.3 Å². The molecule has 0 fully saturated rings.